The molecule has 0 aliphatic carbocycles. The Morgan fingerprint density at radius 3 is 2.50 bits per heavy atom. The lowest BCUT2D eigenvalue weighted by atomic mass is 10.0. The molecule has 0 aliphatic rings. The largest absolute Gasteiger partial charge is 0.273 e. The number of carbonyl (C=O) groups is 1. The van der Waals surface area contributed by atoms with Crippen molar-refractivity contribution in [3.63, 3.8) is 0 Å². The molecule has 0 saturated carbocycles. The number of rotatable bonds is 4. The smallest absolute Gasteiger partial charge is 0.244 e. The molecule has 0 aliphatic heterocycles. The molecule has 0 aromatic heterocycles. The third kappa shape index (κ3) is 4.53. The number of amides is 1. The zero-order chi connectivity index (χ0) is 16.1. The van der Waals surface area contributed by atoms with Crippen molar-refractivity contribution in [3.05, 3.63) is 68.7 Å². The Balaban J connectivity index is 1.93. The Morgan fingerprint density at radius 2 is 1.82 bits per heavy atom. The lowest BCUT2D eigenvalue weighted by Crippen LogP contribution is -2.19. The van der Waals surface area contributed by atoms with Crippen molar-refractivity contribution in [1.29, 1.82) is 0 Å². The van der Waals surface area contributed by atoms with Crippen LogP contribution in [0.3, 0.4) is 0 Å². The number of hydrazone groups is 1. The molecule has 2 aromatic rings. The number of hydrogen-bond donors (Lipinski definition) is 1. The summed E-state index contributed by atoms with van der Waals surface area (Å²) in [5.74, 6) is -0.120. The number of hydrogen-bond acceptors (Lipinski definition) is 2. The molecular weight excluding hydrogens is 340 g/mol. The fraction of sp³-hybridized carbons (Fsp3) is 0.222. The first-order chi connectivity index (χ1) is 10.5. The molecule has 22 heavy (non-hydrogen) atoms. The van der Waals surface area contributed by atoms with Gasteiger partial charge in [-0.15, -0.1) is 0 Å². The van der Waals surface area contributed by atoms with Crippen molar-refractivity contribution in [2.45, 2.75) is 27.2 Å². The van der Waals surface area contributed by atoms with E-state index in [0.717, 1.165) is 21.2 Å². The molecule has 0 atom stereocenters. The van der Waals surface area contributed by atoms with E-state index >= 15 is 0 Å². The van der Waals surface area contributed by atoms with E-state index in [0.29, 0.717) is 6.42 Å². The fourth-order valence-electron chi connectivity index (χ4n) is 2.01. The van der Waals surface area contributed by atoms with Crippen LogP contribution in [-0.2, 0) is 11.2 Å². The summed E-state index contributed by atoms with van der Waals surface area (Å²) in [6.07, 6.45) is 1.97. The molecule has 114 valence electrons. The average molecular weight is 359 g/mol. The van der Waals surface area contributed by atoms with Gasteiger partial charge < -0.3 is 0 Å². The van der Waals surface area contributed by atoms with Crippen LogP contribution in [0.1, 0.15) is 27.8 Å². The van der Waals surface area contributed by atoms with Crippen LogP contribution >= 0.6 is 15.9 Å². The maximum Gasteiger partial charge on any atom is 0.244 e. The van der Waals surface area contributed by atoms with Crippen LogP contribution < -0.4 is 5.43 Å². The standard InChI is InChI=1S/C18H19BrN2O/c1-12-4-6-15(8-14(12)3)10-18(22)21-20-11-16-7-5-13(2)17(19)9-16/h4-9,11H,10H2,1-3H3,(H,21,22). The summed E-state index contributed by atoms with van der Waals surface area (Å²) < 4.78 is 1.03. The van der Waals surface area contributed by atoms with E-state index in [1.54, 1.807) is 6.21 Å². The zero-order valence-electron chi connectivity index (χ0n) is 13.0. The Bertz CT molecular complexity index is 723. The normalized spacial score (nSPS) is 10.9. The van der Waals surface area contributed by atoms with Crippen LogP contribution in [0, 0.1) is 20.8 Å². The van der Waals surface area contributed by atoms with Crippen molar-refractivity contribution in [2.75, 3.05) is 0 Å². The molecule has 0 unspecified atom stereocenters. The molecule has 0 fully saturated rings. The van der Waals surface area contributed by atoms with E-state index in [4.69, 9.17) is 0 Å². The number of aryl methyl sites for hydroxylation is 3. The maximum absolute atomic E-state index is 11.9. The van der Waals surface area contributed by atoms with Gasteiger partial charge in [0.15, 0.2) is 0 Å². The van der Waals surface area contributed by atoms with Crippen molar-refractivity contribution < 1.29 is 4.79 Å². The van der Waals surface area contributed by atoms with Gasteiger partial charge in [-0.3, -0.25) is 4.79 Å². The van der Waals surface area contributed by atoms with Crippen molar-refractivity contribution in [3.8, 4) is 0 Å². The lowest BCUT2D eigenvalue weighted by Gasteiger charge is -2.04. The highest BCUT2D eigenvalue weighted by atomic mass is 79.9. The van der Waals surface area contributed by atoms with Gasteiger partial charge in [-0.2, -0.15) is 5.10 Å². The van der Waals surface area contributed by atoms with E-state index in [2.05, 4.69) is 33.4 Å². The van der Waals surface area contributed by atoms with Gasteiger partial charge in [-0.1, -0.05) is 46.3 Å². The molecule has 0 heterocycles. The minimum Gasteiger partial charge on any atom is -0.273 e. The second kappa shape index (κ2) is 7.36. The van der Waals surface area contributed by atoms with E-state index < -0.39 is 0 Å². The highest BCUT2D eigenvalue weighted by molar-refractivity contribution is 9.10. The molecule has 2 rings (SSSR count). The highest BCUT2D eigenvalue weighted by Gasteiger charge is 2.03. The monoisotopic (exact) mass is 358 g/mol. The Hall–Kier alpha value is -1.94. The van der Waals surface area contributed by atoms with Gasteiger partial charge in [0, 0.05) is 4.47 Å². The predicted molar refractivity (Wildman–Crippen MR) is 94.2 cm³/mol. The van der Waals surface area contributed by atoms with Crippen LogP contribution in [0.2, 0.25) is 0 Å². The summed E-state index contributed by atoms with van der Waals surface area (Å²) in [6.45, 7) is 6.13. The first kappa shape index (κ1) is 16.4. The number of halogens is 1. The van der Waals surface area contributed by atoms with Gasteiger partial charge in [0.1, 0.15) is 0 Å². The number of benzene rings is 2. The molecule has 4 heteroatoms. The molecule has 1 amide bonds. The zero-order valence-corrected chi connectivity index (χ0v) is 14.6. The van der Waals surface area contributed by atoms with Crippen molar-refractivity contribution in [1.82, 2.24) is 5.43 Å². The van der Waals surface area contributed by atoms with Gasteiger partial charge in [0.2, 0.25) is 5.91 Å². The summed E-state index contributed by atoms with van der Waals surface area (Å²) in [6, 6.07) is 12.0. The quantitative estimate of drug-likeness (QED) is 0.649. The fourth-order valence-corrected chi connectivity index (χ4v) is 2.40. The SMILES string of the molecule is Cc1ccc(CC(=O)NN=Cc2ccc(C)c(Br)c2)cc1C. The maximum atomic E-state index is 11.9. The van der Waals surface area contributed by atoms with Crippen molar-refractivity contribution >= 4 is 28.1 Å². The number of nitrogens with zero attached hydrogens (tertiary/aromatic N) is 1. The first-order valence-electron chi connectivity index (χ1n) is 7.10. The van der Waals surface area contributed by atoms with Crippen LogP contribution in [0.15, 0.2) is 46.0 Å². The van der Waals surface area contributed by atoms with Gasteiger partial charge in [0.05, 0.1) is 12.6 Å². The average Bonchev–Trinajstić information content (AvgIpc) is 2.47. The Kier molecular flexibility index (Phi) is 5.50. The first-order valence-corrected chi connectivity index (χ1v) is 7.89. The van der Waals surface area contributed by atoms with Gasteiger partial charge in [0.25, 0.3) is 0 Å². The molecule has 1 N–H and O–H groups in total. The third-order valence-electron chi connectivity index (χ3n) is 3.53. The van der Waals surface area contributed by atoms with E-state index in [9.17, 15) is 4.79 Å². The molecule has 0 radical (unpaired) electrons. The lowest BCUT2D eigenvalue weighted by molar-refractivity contribution is -0.120. The number of nitrogens with one attached hydrogen (secondary N) is 1. The second-order valence-electron chi connectivity index (χ2n) is 5.40. The summed E-state index contributed by atoms with van der Waals surface area (Å²) in [5.41, 5.74) is 8.08. The molecule has 2 aromatic carbocycles. The number of carbonyl (C=O) groups excluding carboxylic acids is 1. The summed E-state index contributed by atoms with van der Waals surface area (Å²) in [5, 5.41) is 4.00. The predicted octanol–water partition coefficient (Wildman–Crippen LogP) is 4.07. The van der Waals surface area contributed by atoms with Crippen LogP contribution in [0.25, 0.3) is 0 Å². The van der Waals surface area contributed by atoms with Crippen LogP contribution in [0.4, 0.5) is 0 Å². The van der Waals surface area contributed by atoms with Crippen LogP contribution in [-0.4, -0.2) is 12.1 Å². The highest BCUT2D eigenvalue weighted by Crippen LogP contribution is 2.16. The Labute approximate surface area is 139 Å². The summed E-state index contributed by atoms with van der Waals surface area (Å²) in [7, 11) is 0. The van der Waals surface area contributed by atoms with E-state index in [1.807, 2.05) is 50.2 Å². The van der Waals surface area contributed by atoms with Gasteiger partial charge in [-0.05, 0) is 54.7 Å². The molecule has 0 bridgehead atoms. The molecule has 0 saturated heterocycles. The topological polar surface area (TPSA) is 41.5 Å². The van der Waals surface area contributed by atoms with Crippen LogP contribution in [0.5, 0.6) is 0 Å². The third-order valence-corrected chi connectivity index (χ3v) is 4.39. The molecule has 0 spiro atoms. The van der Waals surface area contributed by atoms with Crippen molar-refractivity contribution in [2.24, 2.45) is 5.10 Å². The second-order valence-corrected chi connectivity index (χ2v) is 6.25. The summed E-state index contributed by atoms with van der Waals surface area (Å²) in [4.78, 5) is 11.9. The molecule has 3 nitrogen and oxygen atoms in total. The minimum absolute atomic E-state index is 0.120. The minimum atomic E-state index is -0.120. The molecular formula is C18H19BrN2O. The van der Waals surface area contributed by atoms with E-state index in [-0.39, 0.29) is 5.91 Å². The Morgan fingerprint density at radius 1 is 1.09 bits per heavy atom. The summed E-state index contributed by atoms with van der Waals surface area (Å²) >= 11 is 3.47. The van der Waals surface area contributed by atoms with Gasteiger partial charge >= 0.3 is 0 Å². The van der Waals surface area contributed by atoms with E-state index in [1.165, 1.54) is 11.1 Å². The van der Waals surface area contributed by atoms with Gasteiger partial charge in [-0.25, -0.2) is 5.43 Å².